The molecule has 16 nitrogen and oxygen atoms in total. The maximum atomic E-state index is 11.5. The largest absolute Gasteiger partial charge is 0.394 e. The molecule has 8 aliphatic carbocycles. The Balaban J connectivity index is 0.000000143. The summed E-state index contributed by atoms with van der Waals surface area (Å²) in [4.78, 5) is 28.5. The highest BCUT2D eigenvalue weighted by atomic mass is 16.6. The van der Waals surface area contributed by atoms with E-state index in [9.17, 15) is 25.5 Å². The van der Waals surface area contributed by atoms with Gasteiger partial charge in [-0.25, -0.2) is 24.9 Å². The Morgan fingerprint density at radius 3 is 1.78 bits per heavy atom. The number of ether oxygens (including phenoxy) is 1. The Labute approximate surface area is 316 Å². The van der Waals surface area contributed by atoms with E-state index in [1.165, 1.54) is 30.1 Å². The summed E-state index contributed by atoms with van der Waals surface area (Å²) in [7, 11) is 0. The highest BCUT2D eigenvalue weighted by Gasteiger charge is 2.57. The highest BCUT2D eigenvalue weighted by Crippen LogP contribution is 2.59. The first-order valence-corrected chi connectivity index (χ1v) is 19.6. The number of aromatic nitrogens is 8. The van der Waals surface area contributed by atoms with E-state index >= 15 is 0 Å². The van der Waals surface area contributed by atoms with Crippen LogP contribution in [-0.4, -0.2) is 101 Å². The number of hydrogen-bond acceptors (Lipinski definition) is 14. The number of H-pyrrole nitrogens is 1. The predicted molar refractivity (Wildman–Crippen MR) is 197 cm³/mol. The summed E-state index contributed by atoms with van der Waals surface area (Å²) in [5.41, 5.74) is 11.9. The molecule has 288 valence electrons. The third-order valence-corrected chi connectivity index (χ3v) is 14.1. The van der Waals surface area contributed by atoms with E-state index < -0.39 is 42.3 Å². The van der Waals surface area contributed by atoms with Gasteiger partial charge in [-0.3, -0.25) is 4.57 Å². The van der Waals surface area contributed by atoms with Crippen LogP contribution in [0.5, 0.6) is 0 Å². The fourth-order valence-corrected chi connectivity index (χ4v) is 11.7. The number of nitrogens with zero attached hydrogens (tertiary/aromatic N) is 7. The smallest absolute Gasteiger partial charge is 0.209 e. The average molecular weight is 751 g/mol. The summed E-state index contributed by atoms with van der Waals surface area (Å²) >= 11 is 0. The summed E-state index contributed by atoms with van der Waals surface area (Å²) in [6.45, 7) is -0.433. The van der Waals surface area contributed by atoms with Crippen LogP contribution in [0.15, 0.2) is 12.7 Å². The van der Waals surface area contributed by atoms with Gasteiger partial charge in [-0.2, -0.15) is 4.98 Å². The standard InChI is InChI=1S/C22H27N5O5.C17H19N5O/c23-19-16-20(27(9-24-16)21-18(30)17(29)14(8-28)32-21)26-15(25-19)1-2-22(31)12-4-10-3-11(6-12)7-13(22)5-10;18-15-14-16(20-8-19-14)22-13(21-15)1-2-17(23)11-4-9-3-10(6-11)7-12(17)5-9/h9-14,17-18,21,28-31H,3-8H2,(H2,23,25,26);8-12,23H,3-7H2,(H3,18,19,20,21,22)/t10?,11?,12?,13?,14-,17?,18+,21-,22?;/m1./s1. The SMILES string of the molecule is Nc1nc(C#CC2(O)C3CC4CC(C3)CC2C4)nc2c1ncn2[C@@H]1O[C@H](CO)C(O)[C@@H]1O.Nc1nc(C#CC2(O)C3CC4CC(C3)CC2C4)nc2nc[nH]c12. The molecule has 0 radical (unpaired) electrons. The van der Waals surface area contributed by atoms with Gasteiger partial charge in [0.1, 0.15) is 40.5 Å². The van der Waals surface area contributed by atoms with Crippen LogP contribution in [-0.2, 0) is 4.74 Å². The number of aromatic amines is 1. The van der Waals surface area contributed by atoms with Gasteiger partial charge in [0.15, 0.2) is 29.2 Å². The molecular formula is C39H46N10O6. The highest BCUT2D eigenvalue weighted by molar-refractivity contribution is 5.82. The lowest BCUT2D eigenvalue weighted by Gasteiger charge is -2.56. The van der Waals surface area contributed by atoms with Gasteiger partial charge in [0.2, 0.25) is 11.6 Å². The maximum absolute atomic E-state index is 11.5. The zero-order valence-electron chi connectivity index (χ0n) is 30.3. The van der Waals surface area contributed by atoms with Gasteiger partial charge in [-0.1, -0.05) is 11.8 Å². The van der Waals surface area contributed by atoms with Crippen molar-refractivity contribution >= 4 is 34.0 Å². The van der Waals surface area contributed by atoms with Crippen molar-refractivity contribution in [1.29, 1.82) is 0 Å². The molecule has 1 unspecified atom stereocenters. The first kappa shape index (κ1) is 35.0. The van der Waals surface area contributed by atoms with Crippen LogP contribution in [0, 0.1) is 71.0 Å². The van der Waals surface area contributed by atoms with Crippen molar-refractivity contribution in [3.8, 4) is 23.7 Å². The average Bonchev–Trinajstić information content (AvgIpc) is 3.89. The van der Waals surface area contributed by atoms with Crippen molar-refractivity contribution in [1.82, 2.24) is 39.5 Å². The fourth-order valence-electron chi connectivity index (χ4n) is 11.7. The van der Waals surface area contributed by atoms with Crippen molar-refractivity contribution in [2.45, 2.75) is 100.0 Å². The lowest BCUT2D eigenvalue weighted by molar-refractivity contribution is -0.136. The predicted octanol–water partition coefficient (Wildman–Crippen LogP) is 1.03. The van der Waals surface area contributed by atoms with Crippen LogP contribution in [0.4, 0.5) is 11.6 Å². The summed E-state index contributed by atoms with van der Waals surface area (Å²) < 4.78 is 7.06. The van der Waals surface area contributed by atoms with E-state index in [2.05, 4.69) is 58.6 Å². The Bertz CT molecular complexity index is 2230. The number of nitrogens with two attached hydrogens (primary N) is 2. The summed E-state index contributed by atoms with van der Waals surface area (Å²) in [5.74, 6) is 17.2. The zero-order valence-corrected chi connectivity index (χ0v) is 30.3. The third kappa shape index (κ3) is 5.68. The number of nitrogens with one attached hydrogen (secondary N) is 1. The van der Waals surface area contributed by atoms with Gasteiger partial charge >= 0.3 is 0 Å². The van der Waals surface area contributed by atoms with Gasteiger partial charge in [-0.15, -0.1) is 0 Å². The molecule has 55 heavy (non-hydrogen) atoms. The van der Waals surface area contributed by atoms with Crippen LogP contribution in [0.25, 0.3) is 22.3 Å². The number of hydrogen-bond donors (Lipinski definition) is 8. The minimum atomic E-state index is -1.27. The van der Waals surface area contributed by atoms with E-state index in [-0.39, 0.29) is 23.5 Å². The first-order chi connectivity index (χ1) is 26.5. The molecule has 0 aromatic carbocycles. The number of fused-ring (bicyclic) bond motifs is 2. The molecule has 5 heterocycles. The number of imidazole rings is 2. The van der Waals surface area contributed by atoms with Crippen LogP contribution < -0.4 is 11.5 Å². The quantitative estimate of drug-likeness (QED) is 0.133. The topological polar surface area (TPSA) is 260 Å². The number of aliphatic hydroxyl groups is 5. The second kappa shape index (κ2) is 12.8. The van der Waals surface area contributed by atoms with Crippen molar-refractivity contribution in [3.05, 3.63) is 24.3 Å². The fraction of sp³-hybridized carbons (Fsp3) is 0.641. The van der Waals surface area contributed by atoms with E-state index in [1.54, 1.807) is 0 Å². The Morgan fingerprint density at radius 1 is 0.727 bits per heavy atom. The molecule has 1 aliphatic heterocycles. The van der Waals surface area contributed by atoms with E-state index in [0.717, 1.165) is 63.2 Å². The molecule has 8 bridgehead atoms. The minimum absolute atomic E-state index is 0.127. The lowest BCUT2D eigenvalue weighted by Crippen LogP contribution is -2.56. The number of nitrogen functional groups attached to an aromatic ring is 2. The van der Waals surface area contributed by atoms with Crippen molar-refractivity contribution in [3.63, 3.8) is 0 Å². The van der Waals surface area contributed by atoms with E-state index in [0.29, 0.717) is 57.6 Å². The van der Waals surface area contributed by atoms with E-state index in [1.807, 2.05) is 0 Å². The second-order valence-corrected chi connectivity index (χ2v) is 17.3. The molecule has 9 aliphatic rings. The molecule has 8 saturated carbocycles. The summed E-state index contributed by atoms with van der Waals surface area (Å²) in [5, 5.41) is 52.5. The van der Waals surface area contributed by atoms with Crippen LogP contribution in [0.1, 0.15) is 82.1 Å². The number of anilines is 2. The lowest BCUT2D eigenvalue weighted by atomic mass is 9.50. The molecule has 4 atom stereocenters. The van der Waals surface area contributed by atoms with Gasteiger partial charge < -0.3 is 46.7 Å². The first-order valence-electron chi connectivity index (χ1n) is 19.6. The molecule has 1 saturated heterocycles. The molecule has 13 rings (SSSR count). The molecule has 0 amide bonds. The van der Waals surface area contributed by atoms with Crippen LogP contribution in [0.2, 0.25) is 0 Å². The van der Waals surface area contributed by atoms with Gasteiger partial charge in [0.05, 0.1) is 19.3 Å². The molecule has 0 spiro atoms. The number of rotatable bonds is 2. The molecule has 16 heteroatoms. The van der Waals surface area contributed by atoms with Gasteiger partial charge in [-0.05, 0) is 123 Å². The zero-order chi connectivity index (χ0) is 37.8. The second-order valence-electron chi connectivity index (χ2n) is 17.3. The molecule has 10 N–H and O–H groups in total. The monoisotopic (exact) mass is 750 g/mol. The Kier molecular flexibility index (Phi) is 8.16. The van der Waals surface area contributed by atoms with Gasteiger partial charge in [0, 0.05) is 0 Å². The van der Waals surface area contributed by atoms with Crippen molar-refractivity contribution in [2.75, 3.05) is 18.1 Å². The van der Waals surface area contributed by atoms with Crippen molar-refractivity contribution in [2.24, 2.45) is 47.3 Å². The Morgan fingerprint density at radius 2 is 1.25 bits per heavy atom. The summed E-state index contributed by atoms with van der Waals surface area (Å²) in [6.07, 6.45) is 9.70. The summed E-state index contributed by atoms with van der Waals surface area (Å²) in [6, 6.07) is 0. The molecule has 4 aromatic rings. The molecular weight excluding hydrogens is 704 g/mol. The molecule has 4 aromatic heterocycles. The Hall–Kier alpha value is -4.42. The molecule has 9 fully saturated rings. The van der Waals surface area contributed by atoms with Crippen LogP contribution in [0.3, 0.4) is 0 Å². The van der Waals surface area contributed by atoms with Crippen LogP contribution >= 0.6 is 0 Å². The van der Waals surface area contributed by atoms with E-state index in [4.69, 9.17) is 16.2 Å². The normalized spacial score (nSPS) is 40.5. The maximum Gasteiger partial charge on any atom is 0.209 e. The van der Waals surface area contributed by atoms with Gasteiger partial charge in [0.25, 0.3) is 0 Å². The third-order valence-electron chi connectivity index (χ3n) is 14.1. The number of aliphatic hydroxyl groups excluding tert-OH is 3. The van der Waals surface area contributed by atoms with Crippen molar-refractivity contribution < 1.29 is 30.3 Å². The minimum Gasteiger partial charge on any atom is -0.394 e.